The lowest BCUT2D eigenvalue weighted by Crippen LogP contribution is -2.48. The van der Waals surface area contributed by atoms with Gasteiger partial charge in [-0.1, -0.05) is 13.8 Å². The first-order valence-electron chi connectivity index (χ1n) is 7.62. The highest BCUT2D eigenvalue weighted by Crippen LogP contribution is 2.60. The summed E-state index contributed by atoms with van der Waals surface area (Å²) in [6.07, 6.45) is 12.1. The minimum absolute atomic E-state index is 0.645. The summed E-state index contributed by atoms with van der Waals surface area (Å²) in [7, 11) is 0. The molecule has 17 heavy (non-hydrogen) atoms. The van der Waals surface area contributed by atoms with Crippen LogP contribution in [0.15, 0.2) is 0 Å². The molecule has 0 N–H and O–H groups in total. The monoisotopic (exact) mass is 251 g/mol. The Kier molecular flexibility index (Phi) is 3.49. The number of hydrogen-bond acceptors (Lipinski definition) is 1. The lowest BCUT2D eigenvalue weighted by Gasteiger charge is -2.56. The van der Waals surface area contributed by atoms with Crippen molar-refractivity contribution >= 4 is 11.8 Å². The van der Waals surface area contributed by atoms with Gasteiger partial charge in [0.2, 0.25) is 0 Å². The normalized spacial score (nSPS) is 43.6. The van der Waals surface area contributed by atoms with Crippen molar-refractivity contribution in [3.05, 3.63) is 6.92 Å². The first kappa shape index (κ1) is 12.4. The van der Waals surface area contributed by atoms with E-state index < -0.39 is 0 Å². The van der Waals surface area contributed by atoms with Gasteiger partial charge in [-0.25, -0.2) is 0 Å². The van der Waals surface area contributed by atoms with Crippen LogP contribution >= 0.6 is 11.8 Å². The van der Waals surface area contributed by atoms with Crippen molar-refractivity contribution in [1.29, 1.82) is 0 Å². The second kappa shape index (κ2) is 4.79. The van der Waals surface area contributed by atoms with Gasteiger partial charge in [0.1, 0.15) is 0 Å². The van der Waals surface area contributed by atoms with Crippen LogP contribution in [0.4, 0.5) is 0 Å². The zero-order chi connectivity index (χ0) is 11.9. The van der Waals surface area contributed by atoms with Crippen LogP contribution in [0.3, 0.4) is 0 Å². The van der Waals surface area contributed by atoms with E-state index in [2.05, 4.69) is 25.6 Å². The molecule has 4 aliphatic carbocycles. The Morgan fingerprint density at radius 1 is 1.12 bits per heavy atom. The Labute approximate surface area is 111 Å². The zero-order valence-electron chi connectivity index (χ0n) is 11.3. The molecule has 0 heterocycles. The molecule has 4 fully saturated rings. The second-order valence-corrected chi connectivity index (χ2v) is 8.76. The number of thioether (sulfide) groups is 1. The molecule has 4 bridgehead atoms. The first-order chi connectivity index (χ1) is 8.15. The third-order valence-corrected chi connectivity index (χ3v) is 6.84. The van der Waals surface area contributed by atoms with Gasteiger partial charge < -0.3 is 0 Å². The van der Waals surface area contributed by atoms with Crippen molar-refractivity contribution in [2.75, 3.05) is 5.75 Å². The summed E-state index contributed by atoms with van der Waals surface area (Å²) < 4.78 is 0.735. The molecule has 1 radical (unpaired) electrons. The van der Waals surface area contributed by atoms with Gasteiger partial charge >= 0.3 is 0 Å². The maximum absolute atomic E-state index is 4.09. The third kappa shape index (κ3) is 2.69. The summed E-state index contributed by atoms with van der Waals surface area (Å²) in [5, 5.41) is 0. The Bertz CT molecular complexity index is 233. The molecule has 0 spiro atoms. The molecule has 0 nitrogen and oxygen atoms in total. The summed E-state index contributed by atoms with van der Waals surface area (Å²) >= 11 is 2.35. The molecule has 4 saturated carbocycles. The topological polar surface area (TPSA) is 0 Å². The molecule has 4 rings (SSSR count). The SMILES string of the molecule is [CH2]C(C)CCCSC12CC3CC(CC(C3)C1)C2. The van der Waals surface area contributed by atoms with E-state index in [9.17, 15) is 0 Å². The molecule has 1 atom stereocenters. The summed E-state index contributed by atoms with van der Waals surface area (Å²) in [4.78, 5) is 0. The van der Waals surface area contributed by atoms with E-state index in [1.54, 1.807) is 38.5 Å². The first-order valence-corrected chi connectivity index (χ1v) is 8.61. The van der Waals surface area contributed by atoms with Crippen molar-refractivity contribution in [1.82, 2.24) is 0 Å². The largest absolute Gasteiger partial charge is 0.155 e. The van der Waals surface area contributed by atoms with Gasteiger partial charge in [-0.15, -0.1) is 0 Å². The fourth-order valence-electron chi connectivity index (χ4n) is 4.93. The molecular formula is C16H27S. The van der Waals surface area contributed by atoms with Crippen molar-refractivity contribution in [3.8, 4) is 0 Å². The molecule has 97 valence electrons. The van der Waals surface area contributed by atoms with Crippen LogP contribution in [0.1, 0.15) is 58.3 Å². The van der Waals surface area contributed by atoms with E-state index >= 15 is 0 Å². The Morgan fingerprint density at radius 2 is 1.65 bits per heavy atom. The van der Waals surface area contributed by atoms with E-state index in [0.29, 0.717) is 5.92 Å². The summed E-state index contributed by atoms with van der Waals surface area (Å²) in [6, 6.07) is 0. The molecular weight excluding hydrogens is 224 g/mol. The molecule has 4 aliphatic rings. The van der Waals surface area contributed by atoms with Gasteiger partial charge in [0.15, 0.2) is 0 Å². The summed E-state index contributed by atoms with van der Waals surface area (Å²) in [5.74, 6) is 5.37. The van der Waals surface area contributed by atoms with E-state index in [1.807, 2.05) is 0 Å². The van der Waals surface area contributed by atoms with E-state index in [-0.39, 0.29) is 0 Å². The standard InChI is InChI=1S/C16H27S/c1-12(2)4-3-5-17-16-9-13-6-14(10-16)8-15(7-13)11-16/h12-15H,1,3-11H2,2H3. The molecule has 1 heteroatoms. The van der Waals surface area contributed by atoms with Crippen LogP contribution in [0.2, 0.25) is 0 Å². The third-order valence-electron chi connectivity index (χ3n) is 5.23. The minimum Gasteiger partial charge on any atom is -0.155 e. The Balaban J connectivity index is 1.52. The average molecular weight is 251 g/mol. The van der Waals surface area contributed by atoms with E-state index in [4.69, 9.17) is 0 Å². The second-order valence-electron chi connectivity index (χ2n) is 7.20. The molecule has 0 aromatic heterocycles. The number of hydrogen-bond donors (Lipinski definition) is 0. The minimum atomic E-state index is 0.645. The summed E-state index contributed by atoms with van der Waals surface area (Å²) in [5.41, 5.74) is 0. The van der Waals surface area contributed by atoms with Gasteiger partial charge in [-0.05, 0) is 80.8 Å². The molecule has 0 aromatic carbocycles. The molecule has 1 unspecified atom stereocenters. The highest BCUT2D eigenvalue weighted by molar-refractivity contribution is 8.00. The highest BCUT2D eigenvalue weighted by Gasteiger charge is 2.50. The van der Waals surface area contributed by atoms with Crippen molar-refractivity contribution in [2.24, 2.45) is 23.7 Å². The molecule has 0 saturated heterocycles. The van der Waals surface area contributed by atoms with Crippen molar-refractivity contribution in [3.63, 3.8) is 0 Å². The van der Waals surface area contributed by atoms with Crippen LogP contribution in [-0.4, -0.2) is 10.5 Å². The maximum atomic E-state index is 4.09. The van der Waals surface area contributed by atoms with Crippen LogP contribution < -0.4 is 0 Å². The highest BCUT2D eigenvalue weighted by atomic mass is 32.2. The predicted octanol–water partition coefficient (Wildman–Crippen LogP) is 4.94. The Hall–Kier alpha value is 0.350. The van der Waals surface area contributed by atoms with Crippen LogP contribution in [0.25, 0.3) is 0 Å². The van der Waals surface area contributed by atoms with Gasteiger partial charge in [-0.2, -0.15) is 11.8 Å². The fourth-order valence-corrected chi connectivity index (χ4v) is 6.73. The average Bonchev–Trinajstić information content (AvgIpc) is 2.22. The van der Waals surface area contributed by atoms with Crippen LogP contribution in [-0.2, 0) is 0 Å². The van der Waals surface area contributed by atoms with Gasteiger partial charge in [0.25, 0.3) is 0 Å². The van der Waals surface area contributed by atoms with Crippen molar-refractivity contribution < 1.29 is 0 Å². The summed E-state index contributed by atoms with van der Waals surface area (Å²) in [6.45, 7) is 6.34. The lowest BCUT2D eigenvalue weighted by atomic mass is 9.56. The molecule has 0 amide bonds. The van der Waals surface area contributed by atoms with Crippen molar-refractivity contribution in [2.45, 2.75) is 63.0 Å². The molecule has 0 aromatic rings. The fraction of sp³-hybridized carbons (Fsp3) is 0.938. The molecule has 0 aliphatic heterocycles. The zero-order valence-corrected chi connectivity index (χ0v) is 12.1. The Morgan fingerprint density at radius 3 is 2.12 bits per heavy atom. The van der Waals surface area contributed by atoms with E-state index in [1.165, 1.54) is 18.6 Å². The maximum Gasteiger partial charge on any atom is 0.0168 e. The van der Waals surface area contributed by atoms with Gasteiger partial charge in [-0.3, -0.25) is 0 Å². The van der Waals surface area contributed by atoms with Gasteiger partial charge in [0.05, 0.1) is 0 Å². The smallest absolute Gasteiger partial charge is 0.0168 e. The van der Waals surface area contributed by atoms with E-state index in [0.717, 1.165) is 22.5 Å². The quantitative estimate of drug-likeness (QED) is 0.624. The predicted molar refractivity (Wildman–Crippen MR) is 77.1 cm³/mol. The van der Waals surface area contributed by atoms with Crippen LogP contribution in [0.5, 0.6) is 0 Å². The number of rotatable bonds is 5. The lowest BCUT2D eigenvalue weighted by molar-refractivity contribution is 0.0383. The van der Waals surface area contributed by atoms with Crippen LogP contribution in [0, 0.1) is 30.6 Å². The van der Waals surface area contributed by atoms with Gasteiger partial charge in [0, 0.05) is 4.75 Å².